The second-order valence-electron chi connectivity index (χ2n) is 5.39. The van der Waals surface area contributed by atoms with Gasteiger partial charge < -0.3 is 14.4 Å². The summed E-state index contributed by atoms with van der Waals surface area (Å²) in [5.41, 5.74) is -0.00743. The van der Waals surface area contributed by atoms with Crippen molar-refractivity contribution in [2.45, 2.75) is 0 Å². The first-order valence-electron chi connectivity index (χ1n) is 7.33. The highest BCUT2D eigenvalue weighted by Gasteiger charge is 2.27. The summed E-state index contributed by atoms with van der Waals surface area (Å²) in [7, 11) is 1.92. The maximum atomic E-state index is 12.6. The molecule has 0 aliphatic carbocycles. The minimum atomic E-state index is -0.516. The Balaban J connectivity index is 1.72. The molecule has 1 aromatic carbocycles. The van der Waals surface area contributed by atoms with Gasteiger partial charge in [-0.1, -0.05) is 12.1 Å². The fraction of sp³-hybridized carbons (Fsp3) is 0.333. The van der Waals surface area contributed by atoms with Crippen LogP contribution in [0.25, 0.3) is 0 Å². The molecule has 1 aliphatic heterocycles. The Hall–Kier alpha value is -2.90. The molecule has 0 radical (unpaired) electrons. The molecule has 0 unspecified atom stereocenters. The quantitative estimate of drug-likeness (QED) is 0.629. The number of imidazole rings is 1. The van der Waals surface area contributed by atoms with Gasteiger partial charge in [-0.3, -0.25) is 14.9 Å². The summed E-state index contributed by atoms with van der Waals surface area (Å²) in [5.74, 6) is 0.569. The molecular weight excluding hydrogens is 298 g/mol. The molecule has 0 N–H and O–H groups in total. The molecule has 8 heteroatoms. The Morgan fingerprint density at radius 2 is 1.91 bits per heavy atom. The zero-order valence-electron chi connectivity index (χ0n) is 12.8. The van der Waals surface area contributed by atoms with Crippen LogP contribution in [0.1, 0.15) is 10.4 Å². The highest BCUT2D eigenvalue weighted by molar-refractivity contribution is 5.98. The summed E-state index contributed by atoms with van der Waals surface area (Å²) in [5, 5.41) is 11.1. The summed E-state index contributed by atoms with van der Waals surface area (Å²) in [6.07, 6.45) is 3.61. The third-order valence-corrected chi connectivity index (χ3v) is 3.98. The normalized spacial score (nSPS) is 14.8. The minimum Gasteiger partial charge on any atom is -0.339 e. The summed E-state index contributed by atoms with van der Waals surface area (Å²) >= 11 is 0. The number of benzene rings is 1. The SMILES string of the molecule is Cn1ccnc1N1CCN(C(=O)c2ccccc2[N+](=O)[O-])CC1. The van der Waals surface area contributed by atoms with E-state index in [1.165, 1.54) is 12.1 Å². The smallest absolute Gasteiger partial charge is 0.282 e. The topological polar surface area (TPSA) is 84.5 Å². The summed E-state index contributed by atoms with van der Waals surface area (Å²) in [6, 6.07) is 6.07. The number of carbonyl (C=O) groups is 1. The molecule has 0 saturated carbocycles. The van der Waals surface area contributed by atoms with Gasteiger partial charge in [0.05, 0.1) is 4.92 Å². The van der Waals surface area contributed by atoms with Crippen LogP contribution in [-0.4, -0.2) is 51.5 Å². The number of rotatable bonds is 3. The van der Waals surface area contributed by atoms with Crippen LogP contribution in [0, 0.1) is 10.1 Å². The van der Waals surface area contributed by atoms with E-state index in [1.807, 2.05) is 17.8 Å². The molecule has 0 bridgehead atoms. The number of nitrogens with zero attached hydrogens (tertiary/aromatic N) is 5. The van der Waals surface area contributed by atoms with E-state index in [2.05, 4.69) is 9.88 Å². The van der Waals surface area contributed by atoms with Crippen molar-refractivity contribution in [2.75, 3.05) is 31.1 Å². The Kier molecular flexibility index (Phi) is 3.96. The van der Waals surface area contributed by atoms with E-state index in [4.69, 9.17) is 0 Å². The molecule has 8 nitrogen and oxygen atoms in total. The van der Waals surface area contributed by atoms with Crippen LogP contribution in [0.3, 0.4) is 0 Å². The third kappa shape index (κ3) is 2.87. The van der Waals surface area contributed by atoms with Gasteiger partial charge in [-0.15, -0.1) is 0 Å². The number of aryl methyl sites for hydroxylation is 1. The Morgan fingerprint density at radius 3 is 2.52 bits per heavy atom. The number of piperazine rings is 1. The first-order valence-corrected chi connectivity index (χ1v) is 7.33. The van der Waals surface area contributed by atoms with Gasteiger partial charge in [0.1, 0.15) is 5.56 Å². The molecule has 3 rings (SSSR count). The number of aromatic nitrogens is 2. The number of nitro groups is 1. The number of nitro benzene ring substituents is 1. The van der Waals surface area contributed by atoms with Gasteiger partial charge in [-0.2, -0.15) is 0 Å². The van der Waals surface area contributed by atoms with E-state index in [0.717, 1.165) is 5.95 Å². The summed E-state index contributed by atoms with van der Waals surface area (Å²) in [6.45, 7) is 2.32. The average molecular weight is 315 g/mol. The van der Waals surface area contributed by atoms with Crippen LogP contribution in [0.15, 0.2) is 36.7 Å². The minimum absolute atomic E-state index is 0.142. The van der Waals surface area contributed by atoms with Crippen molar-refractivity contribution in [2.24, 2.45) is 7.05 Å². The molecule has 23 heavy (non-hydrogen) atoms. The van der Waals surface area contributed by atoms with Crippen LogP contribution < -0.4 is 4.90 Å². The third-order valence-electron chi connectivity index (χ3n) is 3.98. The van der Waals surface area contributed by atoms with Crippen molar-refractivity contribution >= 4 is 17.5 Å². The maximum absolute atomic E-state index is 12.6. The average Bonchev–Trinajstić information content (AvgIpc) is 3.00. The zero-order chi connectivity index (χ0) is 16.4. The second kappa shape index (κ2) is 6.07. The number of hydrogen-bond donors (Lipinski definition) is 0. The lowest BCUT2D eigenvalue weighted by Crippen LogP contribution is -2.49. The van der Waals surface area contributed by atoms with Crippen molar-refractivity contribution in [3.8, 4) is 0 Å². The molecule has 1 aliphatic rings. The van der Waals surface area contributed by atoms with Gasteiger partial charge in [-0.25, -0.2) is 4.98 Å². The van der Waals surface area contributed by atoms with Gasteiger partial charge in [0, 0.05) is 51.7 Å². The van der Waals surface area contributed by atoms with Crippen molar-refractivity contribution in [3.05, 3.63) is 52.3 Å². The fourth-order valence-electron chi connectivity index (χ4n) is 2.76. The van der Waals surface area contributed by atoms with Gasteiger partial charge >= 0.3 is 0 Å². The monoisotopic (exact) mass is 315 g/mol. The van der Waals surface area contributed by atoms with Crippen LogP contribution in [-0.2, 0) is 7.05 Å². The summed E-state index contributed by atoms with van der Waals surface area (Å²) < 4.78 is 1.93. The highest BCUT2D eigenvalue weighted by Crippen LogP contribution is 2.21. The Labute approximate surface area is 133 Å². The Bertz CT molecular complexity index is 734. The molecule has 2 aromatic rings. The molecule has 1 amide bonds. The fourth-order valence-corrected chi connectivity index (χ4v) is 2.76. The lowest BCUT2D eigenvalue weighted by Gasteiger charge is -2.35. The van der Waals surface area contributed by atoms with E-state index in [0.29, 0.717) is 26.2 Å². The largest absolute Gasteiger partial charge is 0.339 e. The predicted molar refractivity (Wildman–Crippen MR) is 84.4 cm³/mol. The van der Waals surface area contributed by atoms with Gasteiger partial charge in [0.2, 0.25) is 5.95 Å². The van der Waals surface area contributed by atoms with Crippen LogP contribution >= 0.6 is 0 Å². The molecule has 1 saturated heterocycles. The first kappa shape index (κ1) is 15.0. The van der Waals surface area contributed by atoms with E-state index in [1.54, 1.807) is 23.2 Å². The summed E-state index contributed by atoms with van der Waals surface area (Å²) in [4.78, 5) is 31.2. The molecule has 1 aromatic heterocycles. The van der Waals surface area contributed by atoms with E-state index in [9.17, 15) is 14.9 Å². The number of para-hydroxylation sites is 1. The second-order valence-corrected chi connectivity index (χ2v) is 5.39. The van der Waals surface area contributed by atoms with E-state index in [-0.39, 0.29) is 17.2 Å². The molecule has 0 spiro atoms. The lowest BCUT2D eigenvalue weighted by atomic mass is 10.1. The lowest BCUT2D eigenvalue weighted by molar-refractivity contribution is -0.385. The maximum Gasteiger partial charge on any atom is 0.282 e. The molecule has 2 heterocycles. The molecule has 0 atom stereocenters. The van der Waals surface area contributed by atoms with Crippen molar-refractivity contribution in [3.63, 3.8) is 0 Å². The number of carbonyl (C=O) groups excluding carboxylic acids is 1. The van der Waals surface area contributed by atoms with Gasteiger partial charge in [0.25, 0.3) is 11.6 Å². The number of amides is 1. The molecule has 1 fully saturated rings. The number of anilines is 1. The van der Waals surface area contributed by atoms with Crippen molar-refractivity contribution in [1.29, 1.82) is 0 Å². The Morgan fingerprint density at radius 1 is 1.22 bits per heavy atom. The highest BCUT2D eigenvalue weighted by atomic mass is 16.6. The van der Waals surface area contributed by atoms with Crippen molar-refractivity contribution in [1.82, 2.24) is 14.5 Å². The van der Waals surface area contributed by atoms with Crippen molar-refractivity contribution < 1.29 is 9.72 Å². The van der Waals surface area contributed by atoms with E-state index >= 15 is 0 Å². The molecule has 120 valence electrons. The van der Waals surface area contributed by atoms with Crippen LogP contribution in [0.2, 0.25) is 0 Å². The van der Waals surface area contributed by atoms with Crippen LogP contribution in [0.4, 0.5) is 11.6 Å². The molecular formula is C15H17N5O3. The van der Waals surface area contributed by atoms with Gasteiger partial charge in [-0.05, 0) is 6.07 Å². The standard InChI is InChI=1S/C15H17N5O3/c1-17-7-6-16-15(17)19-10-8-18(9-11-19)14(21)12-4-2-3-5-13(12)20(22)23/h2-7H,8-11H2,1H3. The zero-order valence-corrected chi connectivity index (χ0v) is 12.8. The first-order chi connectivity index (χ1) is 11.1. The van der Waals surface area contributed by atoms with E-state index < -0.39 is 4.92 Å². The van der Waals surface area contributed by atoms with Crippen LogP contribution in [0.5, 0.6) is 0 Å². The predicted octanol–water partition coefficient (Wildman–Crippen LogP) is 1.29. The van der Waals surface area contributed by atoms with Gasteiger partial charge in [0.15, 0.2) is 0 Å². The number of hydrogen-bond acceptors (Lipinski definition) is 5.